The minimum atomic E-state index is -0.140. The quantitative estimate of drug-likeness (QED) is 0.400. The molecule has 0 radical (unpaired) electrons. The molecule has 0 bridgehead atoms. The van der Waals surface area contributed by atoms with Crippen LogP contribution in [-0.4, -0.2) is 29.0 Å². The highest BCUT2D eigenvalue weighted by Gasteiger charge is 2.27. The molecule has 1 unspecified atom stereocenters. The summed E-state index contributed by atoms with van der Waals surface area (Å²) in [4.78, 5) is 35.7. The van der Waals surface area contributed by atoms with Gasteiger partial charge in [0, 0.05) is 30.6 Å². The van der Waals surface area contributed by atoms with Crippen LogP contribution in [0.1, 0.15) is 36.5 Å². The fraction of sp³-hybridized carbons (Fsp3) is 0.321. The Balaban J connectivity index is 1.33. The molecule has 1 atom stereocenters. The van der Waals surface area contributed by atoms with Crippen LogP contribution in [0.25, 0.3) is 21.3 Å². The number of nitrogens with one attached hydrogen (secondary N) is 2. The number of aryl methyl sites for hydroxylation is 2. The van der Waals surface area contributed by atoms with E-state index in [1.807, 2.05) is 10.3 Å². The van der Waals surface area contributed by atoms with Gasteiger partial charge in [0.15, 0.2) is 0 Å². The van der Waals surface area contributed by atoms with Gasteiger partial charge in [-0.3, -0.25) is 14.6 Å². The van der Waals surface area contributed by atoms with E-state index < -0.39 is 0 Å². The number of carbonyl (C=O) groups excluding carboxylic acids is 1. The first kappa shape index (κ1) is 23.3. The van der Waals surface area contributed by atoms with E-state index >= 15 is 0 Å². The Labute approximate surface area is 209 Å². The number of benzene rings is 2. The van der Waals surface area contributed by atoms with E-state index in [1.54, 1.807) is 0 Å². The number of hydrogen-bond donors (Lipinski definition) is 2. The summed E-state index contributed by atoms with van der Waals surface area (Å²) in [6.45, 7) is 6.02. The summed E-state index contributed by atoms with van der Waals surface area (Å²) in [6.07, 6.45) is 2.71. The van der Waals surface area contributed by atoms with Gasteiger partial charge >= 0.3 is 0 Å². The Morgan fingerprint density at radius 3 is 2.63 bits per heavy atom. The zero-order valence-electron chi connectivity index (χ0n) is 20.1. The van der Waals surface area contributed by atoms with Crippen molar-refractivity contribution in [2.45, 2.75) is 39.7 Å². The second kappa shape index (κ2) is 10.0. The first-order valence-electron chi connectivity index (χ1n) is 12.2. The molecule has 1 saturated heterocycles. The van der Waals surface area contributed by atoms with E-state index in [1.165, 1.54) is 22.5 Å². The van der Waals surface area contributed by atoms with Crippen molar-refractivity contribution in [2.24, 2.45) is 5.92 Å². The van der Waals surface area contributed by atoms with E-state index in [2.05, 4.69) is 72.7 Å². The molecule has 7 heteroatoms. The van der Waals surface area contributed by atoms with Crippen LogP contribution in [-0.2, 0) is 17.8 Å². The summed E-state index contributed by atoms with van der Waals surface area (Å²) in [6, 6.07) is 16.6. The van der Waals surface area contributed by atoms with Crippen molar-refractivity contribution in [3.63, 3.8) is 0 Å². The van der Waals surface area contributed by atoms with E-state index in [9.17, 15) is 9.59 Å². The summed E-state index contributed by atoms with van der Waals surface area (Å²) in [7, 11) is 0. The molecule has 4 aromatic rings. The van der Waals surface area contributed by atoms with Gasteiger partial charge in [-0.25, -0.2) is 4.98 Å². The second-order valence-corrected chi connectivity index (χ2v) is 10.1. The Hall–Kier alpha value is -3.45. The van der Waals surface area contributed by atoms with Crippen LogP contribution < -0.4 is 15.8 Å². The van der Waals surface area contributed by atoms with Crippen LogP contribution in [0.5, 0.6) is 0 Å². The number of fused-ring (bicyclic) bond motifs is 1. The number of aromatic amines is 1. The minimum Gasteiger partial charge on any atom is -0.352 e. The van der Waals surface area contributed by atoms with E-state index in [-0.39, 0.29) is 17.4 Å². The molecule has 2 aromatic heterocycles. The normalized spacial score (nSPS) is 15.9. The van der Waals surface area contributed by atoms with Crippen molar-refractivity contribution in [3.8, 4) is 11.1 Å². The average molecular weight is 487 g/mol. The number of carbonyl (C=O) groups is 1. The molecule has 1 amide bonds. The lowest BCUT2D eigenvalue weighted by atomic mass is 9.97. The van der Waals surface area contributed by atoms with Gasteiger partial charge < -0.3 is 10.2 Å². The van der Waals surface area contributed by atoms with Crippen molar-refractivity contribution < 1.29 is 4.79 Å². The van der Waals surface area contributed by atoms with Crippen LogP contribution in [0.3, 0.4) is 0 Å². The van der Waals surface area contributed by atoms with Gasteiger partial charge in [-0.05, 0) is 42.9 Å². The average Bonchev–Trinajstić information content (AvgIpc) is 3.33. The summed E-state index contributed by atoms with van der Waals surface area (Å²) < 4.78 is 0.629. The lowest BCUT2D eigenvalue weighted by Crippen LogP contribution is -2.44. The Morgan fingerprint density at radius 2 is 1.89 bits per heavy atom. The molecule has 1 aliphatic rings. The summed E-state index contributed by atoms with van der Waals surface area (Å²) in [5, 5.41) is 5.09. The number of piperidine rings is 1. The van der Waals surface area contributed by atoms with Crippen molar-refractivity contribution in [1.29, 1.82) is 0 Å². The molecule has 2 aromatic carbocycles. The van der Waals surface area contributed by atoms with Crippen molar-refractivity contribution >= 4 is 33.4 Å². The van der Waals surface area contributed by atoms with Crippen LogP contribution in [0, 0.1) is 12.8 Å². The van der Waals surface area contributed by atoms with Gasteiger partial charge in [-0.15, -0.1) is 11.3 Å². The second-order valence-electron chi connectivity index (χ2n) is 9.26. The van der Waals surface area contributed by atoms with Crippen molar-refractivity contribution in [1.82, 2.24) is 15.3 Å². The molecular weight excluding hydrogens is 456 g/mol. The summed E-state index contributed by atoms with van der Waals surface area (Å²) in [5.74, 6) is 0.453. The van der Waals surface area contributed by atoms with Gasteiger partial charge in [-0.2, -0.15) is 0 Å². The molecule has 5 rings (SSSR count). The number of thiophene rings is 1. The lowest BCUT2D eigenvalue weighted by Gasteiger charge is -2.32. The van der Waals surface area contributed by atoms with Gasteiger partial charge in [0.05, 0.1) is 11.4 Å². The highest BCUT2D eigenvalue weighted by atomic mass is 32.1. The van der Waals surface area contributed by atoms with Gasteiger partial charge in [-0.1, -0.05) is 61.0 Å². The van der Waals surface area contributed by atoms with Gasteiger partial charge in [0.25, 0.3) is 5.56 Å². The smallest absolute Gasteiger partial charge is 0.270 e. The molecule has 35 heavy (non-hydrogen) atoms. The lowest BCUT2D eigenvalue weighted by molar-refractivity contribution is -0.125. The third-order valence-corrected chi connectivity index (χ3v) is 7.73. The maximum Gasteiger partial charge on any atom is 0.270 e. The third kappa shape index (κ3) is 5.00. The molecule has 180 valence electrons. The van der Waals surface area contributed by atoms with Gasteiger partial charge in [0.2, 0.25) is 11.9 Å². The number of amides is 1. The van der Waals surface area contributed by atoms with Crippen LogP contribution in [0.4, 0.5) is 5.95 Å². The molecule has 2 N–H and O–H groups in total. The third-order valence-electron chi connectivity index (χ3n) is 6.77. The minimum absolute atomic E-state index is 0.0496. The highest BCUT2D eigenvalue weighted by molar-refractivity contribution is 7.17. The number of H-pyrrole nitrogens is 1. The largest absolute Gasteiger partial charge is 0.352 e. The standard InChI is InChI=1S/C28H30N4O2S/c1-3-19-8-10-20(11-9-19)15-29-26(33)22-5-4-14-32(16-22)28-30-24-23(17-35-25(24)27(34)31-28)21-12-6-18(2)7-13-21/h6-13,17,22H,3-5,14-16H2,1-2H3,(H,29,33)(H,30,31,34). The monoisotopic (exact) mass is 486 g/mol. The topological polar surface area (TPSA) is 78.1 Å². The predicted octanol–water partition coefficient (Wildman–Crippen LogP) is 5.06. The van der Waals surface area contributed by atoms with E-state index in [0.29, 0.717) is 23.7 Å². The first-order chi connectivity index (χ1) is 17.0. The zero-order chi connectivity index (χ0) is 24.4. The molecule has 0 aliphatic carbocycles. The van der Waals surface area contributed by atoms with Crippen molar-refractivity contribution in [2.75, 3.05) is 18.0 Å². The molecule has 1 fully saturated rings. The molecule has 0 saturated carbocycles. The zero-order valence-corrected chi connectivity index (χ0v) is 21.0. The number of nitrogens with zero attached hydrogens (tertiary/aromatic N) is 2. The predicted molar refractivity (Wildman–Crippen MR) is 143 cm³/mol. The van der Waals surface area contributed by atoms with E-state index in [4.69, 9.17) is 4.98 Å². The Bertz CT molecular complexity index is 1390. The van der Waals surface area contributed by atoms with E-state index in [0.717, 1.165) is 48.0 Å². The van der Waals surface area contributed by atoms with Gasteiger partial charge in [0.1, 0.15) is 4.70 Å². The summed E-state index contributed by atoms with van der Waals surface area (Å²) in [5.41, 5.74) is 6.19. The van der Waals surface area contributed by atoms with Crippen LogP contribution in [0.15, 0.2) is 58.7 Å². The maximum atomic E-state index is 12.9. The molecule has 3 heterocycles. The Kier molecular flexibility index (Phi) is 6.68. The summed E-state index contributed by atoms with van der Waals surface area (Å²) >= 11 is 1.42. The fourth-order valence-electron chi connectivity index (χ4n) is 4.61. The molecule has 0 spiro atoms. The van der Waals surface area contributed by atoms with Crippen LogP contribution in [0.2, 0.25) is 0 Å². The number of rotatable bonds is 6. The van der Waals surface area contributed by atoms with Crippen LogP contribution >= 0.6 is 11.3 Å². The van der Waals surface area contributed by atoms with Crippen molar-refractivity contribution in [3.05, 3.63) is 81.0 Å². The molecular formula is C28H30N4O2S. The SMILES string of the molecule is CCc1ccc(CNC(=O)C2CCCN(c3nc4c(-c5ccc(C)cc5)csc4c(=O)[nH]3)C2)cc1. The molecule has 1 aliphatic heterocycles. The highest BCUT2D eigenvalue weighted by Crippen LogP contribution is 2.32. The maximum absolute atomic E-state index is 12.9. The Morgan fingerprint density at radius 1 is 1.14 bits per heavy atom. The molecule has 6 nitrogen and oxygen atoms in total. The number of hydrogen-bond acceptors (Lipinski definition) is 5. The first-order valence-corrected chi connectivity index (χ1v) is 13.1. The fourth-order valence-corrected chi connectivity index (χ4v) is 5.52. The number of aromatic nitrogens is 2. The number of anilines is 1.